The van der Waals surface area contributed by atoms with E-state index in [0.29, 0.717) is 16.9 Å². The fraction of sp³-hybridized carbons (Fsp3) is 0.318. The van der Waals surface area contributed by atoms with Crippen molar-refractivity contribution in [2.45, 2.75) is 40.2 Å². The van der Waals surface area contributed by atoms with Crippen LogP contribution in [0.25, 0.3) is 0 Å². The second-order valence-electron chi connectivity index (χ2n) is 6.72. The number of aromatic amines is 1. The number of hydrogen-bond donors (Lipinski definition) is 2. The fourth-order valence-corrected chi connectivity index (χ4v) is 2.96. The Morgan fingerprint density at radius 1 is 1.13 bits per heavy atom. The largest absolute Gasteiger partial charge is 0.462 e. The smallest absolute Gasteiger partial charge is 0.340 e. The Balaban J connectivity index is 2.09. The summed E-state index contributed by atoms with van der Waals surface area (Å²) in [5.41, 5.74) is 2.00. The predicted molar refractivity (Wildman–Crippen MR) is 111 cm³/mol. The highest BCUT2D eigenvalue weighted by Gasteiger charge is 2.27. The summed E-state index contributed by atoms with van der Waals surface area (Å²) < 4.78 is 10.3. The molecule has 1 aromatic heterocycles. The van der Waals surface area contributed by atoms with Crippen LogP contribution in [0.2, 0.25) is 0 Å². The van der Waals surface area contributed by atoms with Crippen molar-refractivity contribution in [1.82, 2.24) is 4.98 Å². The van der Waals surface area contributed by atoms with Crippen molar-refractivity contribution in [1.29, 1.82) is 5.26 Å². The van der Waals surface area contributed by atoms with E-state index in [-0.39, 0.29) is 29.8 Å². The molecule has 0 fully saturated rings. The Labute approximate surface area is 179 Å². The molecule has 0 spiro atoms. The summed E-state index contributed by atoms with van der Waals surface area (Å²) in [6.45, 7) is 6.62. The average molecular weight is 425 g/mol. The summed E-state index contributed by atoms with van der Waals surface area (Å²) in [5.74, 6) is -2.19. The first-order valence-electron chi connectivity index (χ1n) is 9.57. The van der Waals surface area contributed by atoms with Crippen LogP contribution in [0.4, 0.5) is 5.69 Å². The summed E-state index contributed by atoms with van der Waals surface area (Å²) in [6, 6.07) is 7.58. The molecular weight excluding hydrogens is 402 g/mol. The Bertz CT molecular complexity index is 1050. The molecule has 0 aliphatic heterocycles. The second kappa shape index (κ2) is 10.2. The van der Waals surface area contributed by atoms with Crippen molar-refractivity contribution in [2.24, 2.45) is 0 Å². The zero-order valence-electron chi connectivity index (χ0n) is 17.7. The van der Waals surface area contributed by atoms with Gasteiger partial charge in [0.15, 0.2) is 6.10 Å². The molecule has 0 unspecified atom stereocenters. The average Bonchev–Trinajstić information content (AvgIpc) is 3.02. The Morgan fingerprint density at radius 2 is 1.77 bits per heavy atom. The second-order valence-corrected chi connectivity index (χ2v) is 6.72. The molecule has 0 radical (unpaired) electrons. The van der Waals surface area contributed by atoms with Crippen LogP contribution >= 0.6 is 0 Å². The van der Waals surface area contributed by atoms with Crippen LogP contribution in [0.1, 0.15) is 62.7 Å². The molecule has 9 nitrogen and oxygen atoms in total. The first-order chi connectivity index (χ1) is 14.7. The number of aromatic nitrogens is 1. The van der Waals surface area contributed by atoms with Gasteiger partial charge in [-0.1, -0.05) is 0 Å². The van der Waals surface area contributed by atoms with Crippen LogP contribution in [-0.2, 0) is 14.3 Å². The van der Waals surface area contributed by atoms with Crippen LogP contribution in [0.5, 0.6) is 0 Å². The SMILES string of the molecule is CCOC(=O)c1c(C)[nH]c(C(=O)[C@H](C)OC(=O)c2ccc(NC(=O)CC#N)cc2)c1C. The number of benzene rings is 1. The number of nitriles is 1. The summed E-state index contributed by atoms with van der Waals surface area (Å²) >= 11 is 0. The maximum atomic E-state index is 12.8. The molecule has 0 aliphatic carbocycles. The predicted octanol–water partition coefficient (Wildman–Crippen LogP) is 3.09. The zero-order chi connectivity index (χ0) is 23.1. The van der Waals surface area contributed by atoms with Crippen LogP contribution in [-0.4, -0.2) is 41.3 Å². The van der Waals surface area contributed by atoms with E-state index >= 15 is 0 Å². The fourth-order valence-electron chi connectivity index (χ4n) is 2.96. The first-order valence-corrected chi connectivity index (χ1v) is 9.57. The van der Waals surface area contributed by atoms with Gasteiger partial charge in [0.05, 0.1) is 29.5 Å². The third-order valence-corrected chi connectivity index (χ3v) is 4.46. The van der Waals surface area contributed by atoms with E-state index in [9.17, 15) is 19.2 Å². The Kier molecular flexibility index (Phi) is 7.69. The standard InChI is InChI=1S/C22H23N3O6/c1-5-30-22(29)18-12(2)19(24-13(18)3)20(27)14(4)31-21(28)15-6-8-16(9-7-15)25-17(26)10-11-23/h6-9,14,24H,5,10H2,1-4H3,(H,25,26)/t14-/m0/s1. The number of amides is 1. The van der Waals surface area contributed by atoms with Crippen molar-refractivity contribution in [3.05, 3.63) is 52.3 Å². The van der Waals surface area contributed by atoms with Gasteiger partial charge in [0.2, 0.25) is 11.7 Å². The molecule has 1 amide bonds. The highest BCUT2D eigenvalue weighted by Crippen LogP contribution is 2.21. The lowest BCUT2D eigenvalue weighted by molar-refractivity contribution is -0.115. The van der Waals surface area contributed by atoms with Gasteiger partial charge in [0, 0.05) is 11.4 Å². The number of rotatable bonds is 8. The lowest BCUT2D eigenvalue weighted by atomic mass is 10.1. The maximum Gasteiger partial charge on any atom is 0.340 e. The third-order valence-electron chi connectivity index (χ3n) is 4.46. The first kappa shape index (κ1) is 23.3. The molecule has 2 N–H and O–H groups in total. The number of hydrogen-bond acceptors (Lipinski definition) is 7. The number of carbonyl (C=O) groups excluding carboxylic acids is 4. The number of nitrogens with zero attached hydrogens (tertiary/aromatic N) is 1. The lowest BCUT2D eigenvalue weighted by Gasteiger charge is -2.12. The minimum Gasteiger partial charge on any atom is -0.462 e. The maximum absolute atomic E-state index is 12.8. The lowest BCUT2D eigenvalue weighted by Crippen LogP contribution is -2.25. The normalized spacial score (nSPS) is 11.2. The number of carbonyl (C=O) groups is 4. The molecule has 1 aromatic carbocycles. The Hall–Kier alpha value is -3.93. The van der Waals surface area contributed by atoms with Crippen LogP contribution < -0.4 is 5.32 Å². The van der Waals surface area contributed by atoms with Crippen LogP contribution in [0, 0.1) is 25.2 Å². The number of Topliss-reactive ketones (excluding diaryl/α,β-unsaturated/α-hetero) is 1. The van der Waals surface area contributed by atoms with Gasteiger partial charge in [-0.3, -0.25) is 9.59 Å². The van der Waals surface area contributed by atoms with Gasteiger partial charge < -0.3 is 19.8 Å². The topological polar surface area (TPSA) is 138 Å². The van der Waals surface area contributed by atoms with Crippen molar-refractivity contribution >= 4 is 29.3 Å². The molecule has 31 heavy (non-hydrogen) atoms. The van der Waals surface area contributed by atoms with Crippen LogP contribution in [0.15, 0.2) is 24.3 Å². The Morgan fingerprint density at radius 3 is 2.35 bits per heavy atom. The summed E-state index contributed by atoms with van der Waals surface area (Å²) in [6.07, 6.45) is -1.38. The number of anilines is 1. The van der Waals surface area contributed by atoms with E-state index in [1.165, 1.54) is 31.2 Å². The minimum atomic E-state index is -1.10. The van der Waals surface area contributed by atoms with Gasteiger partial charge in [-0.2, -0.15) is 5.26 Å². The van der Waals surface area contributed by atoms with Crippen molar-refractivity contribution in [3.8, 4) is 6.07 Å². The number of aryl methyl sites for hydroxylation is 1. The van der Waals surface area contributed by atoms with E-state index in [4.69, 9.17) is 14.7 Å². The highest BCUT2D eigenvalue weighted by atomic mass is 16.5. The molecule has 0 saturated heterocycles. The zero-order valence-corrected chi connectivity index (χ0v) is 17.7. The number of esters is 2. The van der Waals surface area contributed by atoms with Crippen molar-refractivity contribution in [2.75, 3.05) is 11.9 Å². The van der Waals surface area contributed by atoms with Gasteiger partial charge in [-0.25, -0.2) is 9.59 Å². The third kappa shape index (κ3) is 5.57. The van der Waals surface area contributed by atoms with E-state index in [1.807, 2.05) is 0 Å². The monoisotopic (exact) mass is 425 g/mol. The molecule has 2 rings (SSSR count). The summed E-state index contributed by atoms with van der Waals surface area (Å²) in [5, 5.41) is 11.0. The molecule has 9 heteroatoms. The van der Waals surface area contributed by atoms with Gasteiger partial charge in [0.1, 0.15) is 6.42 Å². The van der Waals surface area contributed by atoms with E-state index in [0.717, 1.165) is 0 Å². The number of ketones is 1. The summed E-state index contributed by atoms with van der Waals surface area (Å²) in [4.78, 5) is 51.6. The molecule has 0 aliphatic rings. The highest BCUT2D eigenvalue weighted by molar-refractivity contribution is 6.04. The number of nitrogens with one attached hydrogen (secondary N) is 2. The van der Waals surface area contributed by atoms with Crippen LogP contribution in [0.3, 0.4) is 0 Å². The minimum absolute atomic E-state index is 0.177. The van der Waals surface area contributed by atoms with E-state index in [2.05, 4.69) is 10.3 Å². The van der Waals surface area contributed by atoms with Gasteiger partial charge in [0.25, 0.3) is 0 Å². The van der Waals surface area contributed by atoms with Crippen molar-refractivity contribution < 1.29 is 28.7 Å². The van der Waals surface area contributed by atoms with Gasteiger partial charge in [-0.05, 0) is 57.5 Å². The van der Waals surface area contributed by atoms with E-state index < -0.39 is 29.7 Å². The summed E-state index contributed by atoms with van der Waals surface area (Å²) in [7, 11) is 0. The molecule has 1 atom stereocenters. The molecule has 0 saturated carbocycles. The number of H-pyrrole nitrogens is 1. The van der Waals surface area contributed by atoms with Crippen molar-refractivity contribution in [3.63, 3.8) is 0 Å². The van der Waals surface area contributed by atoms with Gasteiger partial charge >= 0.3 is 11.9 Å². The molecular formula is C22H23N3O6. The molecule has 162 valence electrons. The molecule has 2 aromatic rings. The molecule has 0 bridgehead atoms. The van der Waals surface area contributed by atoms with E-state index in [1.54, 1.807) is 26.8 Å². The quantitative estimate of drug-likeness (QED) is 0.489. The molecule has 1 heterocycles. The number of ether oxygens (including phenoxy) is 2. The van der Waals surface area contributed by atoms with Gasteiger partial charge in [-0.15, -0.1) is 0 Å².